The SMILES string of the molecule is Cc1cnc(Nc2nc(Nc3ccc4c(cnn4C)c3)c3sccc3n2)s1. The lowest BCUT2D eigenvalue weighted by molar-refractivity contribution is 0.797. The molecule has 0 fully saturated rings. The Labute approximate surface area is 162 Å². The number of rotatable bonds is 4. The van der Waals surface area contributed by atoms with E-state index in [1.165, 1.54) is 0 Å². The second-order valence-electron chi connectivity index (χ2n) is 6.10. The first kappa shape index (κ1) is 16.2. The van der Waals surface area contributed by atoms with Gasteiger partial charge in [0, 0.05) is 29.2 Å². The Morgan fingerprint density at radius 2 is 2.00 bits per heavy atom. The first-order chi connectivity index (χ1) is 13.2. The fraction of sp³-hybridized carbons (Fsp3) is 0.111. The van der Waals surface area contributed by atoms with Crippen LogP contribution in [0.2, 0.25) is 0 Å². The van der Waals surface area contributed by atoms with Gasteiger partial charge in [-0.05, 0) is 36.6 Å². The van der Waals surface area contributed by atoms with Crippen LogP contribution in [0.4, 0.5) is 22.6 Å². The molecule has 0 amide bonds. The quantitative estimate of drug-likeness (QED) is 0.455. The highest BCUT2D eigenvalue weighted by molar-refractivity contribution is 7.17. The monoisotopic (exact) mass is 393 g/mol. The fourth-order valence-electron chi connectivity index (χ4n) is 2.89. The zero-order valence-electron chi connectivity index (χ0n) is 14.6. The number of aryl methyl sites for hydroxylation is 2. The largest absolute Gasteiger partial charge is 0.339 e. The number of thiophene rings is 1. The third-order valence-electron chi connectivity index (χ3n) is 4.15. The van der Waals surface area contributed by atoms with E-state index in [0.29, 0.717) is 5.95 Å². The summed E-state index contributed by atoms with van der Waals surface area (Å²) in [6, 6.07) is 8.15. The third-order valence-corrected chi connectivity index (χ3v) is 5.89. The van der Waals surface area contributed by atoms with Crippen molar-refractivity contribution in [2.24, 2.45) is 7.05 Å². The molecule has 0 saturated carbocycles. The van der Waals surface area contributed by atoms with Gasteiger partial charge in [0.15, 0.2) is 10.9 Å². The summed E-state index contributed by atoms with van der Waals surface area (Å²) in [4.78, 5) is 14.7. The van der Waals surface area contributed by atoms with Gasteiger partial charge in [-0.15, -0.1) is 22.7 Å². The smallest absolute Gasteiger partial charge is 0.231 e. The maximum atomic E-state index is 4.68. The van der Waals surface area contributed by atoms with E-state index in [9.17, 15) is 0 Å². The van der Waals surface area contributed by atoms with Gasteiger partial charge in [0.25, 0.3) is 0 Å². The first-order valence-corrected chi connectivity index (χ1v) is 9.99. The molecule has 4 aromatic heterocycles. The minimum atomic E-state index is 0.528. The van der Waals surface area contributed by atoms with Crippen molar-refractivity contribution < 1.29 is 0 Å². The number of nitrogens with zero attached hydrogens (tertiary/aromatic N) is 5. The highest BCUT2D eigenvalue weighted by atomic mass is 32.1. The fourth-order valence-corrected chi connectivity index (χ4v) is 4.32. The predicted octanol–water partition coefficient (Wildman–Crippen LogP) is 4.83. The average molecular weight is 394 g/mol. The molecule has 0 aliphatic heterocycles. The van der Waals surface area contributed by atoms with Crippen LogP contribution < -0.4 is 10.6 Å². The van der Waals surface area contributed by atoms with Crippen molar-refractivity contribution in [2.75, 3.05) is 10.6 Å². The van der Waals surface area contributed by atoms with Crippen LogP contribution in [-0.2, 0) is 7.05 Å². The number of hydrogen-bond acceptors (Lipinski definition) is 8. The van der Waals surface area contributed by atoms with Crippen LogP contribution in [0.3, 0.4) is 0 Å². The number of nitrogens with one attached hydrogen (secondary N) is 2. The molecule has 9 heteroatoms. The lowest BCUT2D eigenvalue weighted by Crippen LogP contribution is -2.01. The molecule has 0 radical (unpaired) electrons. The molecular formula is C18H15N7S2. The van der Waals surface area contributed by atoms with Gasteiger partial charge < -0.3 is 5.32 Å². The second-order valence-corrected chi connectivity index (χ2v) is 8.25. The predicted molar refractivity (Wildman–Crippen MR) is 112 cm³/mol. The van der Waals surface area contributed by atoms with Gasteiger partial charge in [-0.3, -0.25) is 10.00 Å². The highest BCUT2D eigenvalue weighted by Crippen LogP contribution is 2.31. The number of aromatic nitrogens is 5. The van der Waals surface area contributed by atoms with Crippen LogP contribution in [0.25, 0.3) is 21.1 Å². The molecule has 5 aromatic rings. The first-order valence-electron chi connectivity index (χ1n) is 8.29. The Hall–Kier alpha value is -3.04. The molecule has 2 N–H and O–H groups in total. The van der Waals surface area contributed by atoms with E-state index >= 15 is 0 Å². The molecule has 0 bridgehead atoms. The second kappa shape index (κ2) is 6.29. The molecular weight excluding hydrogens is 378 g/mol. The number of thiazole rings is 1. The molecule has 1 aromatic carbocycles. The van der Waals surface area contributed by atoms with E-state index in [1.807, 2.05) is 48.6 Å². The topological polar surface area (TPSA) is 80.5 Å². The Bertz CT molecular complexity index is 1270. The Balaban J connectivity index is 1.53. The maximum absolute atomic E-state index is 4.68. The summed E-state index contributed by atoms with van der Waals surface area (Å²) >= 11 is 3.19. The molecule has 0 spiro atoms. The standard InChI is InChI=1S/C18H15N7S2/c1-10-8-19-18(27-10)24-17-22-13-5-6-26-15(13)16(23-17)21-12-3-4-14-11(7-12)9-20-25(14)2/h3-9H,1-2H3,(H2,19,21,22,23,24). The maximum Gasteiger partial charge on any atom is 0.231 e. The Morgan fingerprint density at radius 1 is 1.07 bits per heavy atom. The summed E-state index contributed by atoms with van der Waals surface area (Å²) in [5, 5.41) is 14.8. The zero-order valence-corrected chi connectivity index (χ0v) is 16.2. The van der Waals surface area contributed by atoms with Crippen molar-refractivity contribution >= 4 is 66.4 Å². The number of benzene rings is 1. The van der Waals surface area contributed by atoms with Gasteiger partial charge in [0.2, 0.25) is 5.95 Å². The van der Waals surface area contributed by atoms with Crippen molar-refractivity contribution in [3.8, 4) is 0 Å². The van der Waals surface area contributed by atoms with Crippen molar-refractivity contribution in [3.05, 3.63) is 46.9 Å². The van der Waals surface area contributed by atoms with Crippen molar-refractivity contribution in [3.63, 3.8) is 0 Å². The molecule has 7 nitrogen and oxygen atoms in total. The van der Waals surface area contributed by atoms with Crippen molar-refractivity contribution in [1.82, 2.24) is 24.7 Å². The van der Waals surface area contributed by atoms with Crippen molar-refractivity contribution in [2.45, 2.75) is 6.92 Å². The average Bonchev–Trinajstić information content (AvgIpc) is 3.36. The van der Waals surface area contributed by atoms with Gasteiger partial charge in [-0.25, -0.2) is 9.97 Å². The van der Waals surface area contributed by atoms with Crippen molar-refractivity contribution in [1.29, 1.82) is 0 Å². The molecule has 0 atom stereocenters. The van der Waals surface area contributed by atoms with Gasteiger partial charge in [-0.1, -0.05) is 0 Å². The number of hydrogen-bond donors (Lipinski definition) is 2. The van der Waals surface area contributed by atoms with E-state index < -0.39 is 0 Å². The minimum absolute atomic E-state index is 0.528. The van der Waals surface area contributed by atoms with E-state index in [1.54, 1.807) is 22.7 Å². The van der Waals surface area contributed by atoms with Gasteiger partial charge in [0.1, 0.15) is 0 Å². The Morgan fingerprint density at radius 3 is 2.85 bits per heavy atom. The molecule has 0 aliphatic carbocycles. The Kier molecular flexibility index (Phi) is 3.76. The minimum Gasteiger partial charge on any atom is -0.339 e. The molecule has 0 saturated heterocycles. The van der Waals surface area contributed by atoms with E-state index in [0.717, 1.165) is 42.6 Å². The summed E-state index contributed by atoms with van der Waals surface area (Å²) in [7, 11) is 1.94. The number of anilines is 4. The van der Waals surface area contributed by atoms with Gasteiger partial charge >= 0.3 is 0 Å². The van der Waals surface area contributed by atoms with Crippen LogP contribution in [0, 0.1) is 6.92 Å². The van der Waals surface area contributed by atoms with Gasteiger partial charge in [-0.2, -0.15) is 10.1 Å². The highest BCUT2D eigenvalue weighted by Gasteiger charge is 2.11. The molecule has 27 heavy (non-hydrogen) atoms. The molecule has 4 heterocycles. The lowest BCUT2D eigenvalue weighted by Gasteiger charge is -2.09. The van der Waals surface area contributed by atoms with Crippen LogP contribution in [0.5, 0.6) is 0 Å². The zero-order chi connectivity index (χ0) is 18.4. The van der Waals surface area contributed by atoms with Crippen LogP contribution in [0.15, 0.2) is 42.0 Å². The summed E-state index contributed by atoms with van der Waals surface area (Å²) in [5.74, 6) is 1.30. The third kappa shape index (κ3) is 3.00. The summed E-state index contributed by atoms with van der Waals surface area (Å²) in [5.41, 5.74) is 2.95. The van der Waals surface area contributed by atoms with Gasteiger partial charge in [0.05, 0.1) is 21.9 Å². The molecule has 0 unspecified atom stereocenters. The van der Waals surface area contributed by atoms with Crippen LogP contribution in [-0.4, -0.2) is 24.7 Å². The normalized spacial score (nSPS) is 11.3. The summed E-state index contributed by atoms with van der Waals surface area (Å²) in [6.07, 6.45) is 3.69. The summed E-state index contributed by atoms with van der Waals surface area (Å²) in [6.45, 7) is 2.02. The summed E-state index contributed by atoms with van der Waals surface area (Å²) < 4.78 is 2.88. The van der Waals surface area contributed by atoms with E-state index in [-0.39, 0.29) is 0 Å². The molecule has 134 valence electrons. The van der Waals surface area contributed by atoms with Crippen LogP contribution in [0.1, 0.15) is 4.88 Å². The van der Waals surface area contributed by atoms with E-state index in [4.69, 9.17) is 0 Å². The molecule has 0 aliphatic rings. The van der Waals surface area contributed by atoms with Crippen LogP contribution >= 0.6 is 22.7 Å². The van der Waals surface area contributed by atoms with E-state index in [2.05, 4.69) is 42.8 Å². The molecule has 5 rings (SSSR count). The number of fused-ring (bicyclic) bond motifs is 2. The lowest BCUT2D eigenvalue weighted by atomic mass is 10.2.